The molecule has 0 fully saturated rings. The van der Waals surface area contributed by atoms with E-state index in [1.807, 2.05) is 30.3 Å². The van der Waals surface area contributed by atoms with E-state index in [1.54, 1.807) is 16.3 Å². The van der Waals surface area contributed by atoms with Crippen LogP contribution in [0.5, 0.6) is 0 Å². The highest BCUT2D eigenvalue weighted by Gasteiger charge is 2.21. The summed E-state index contributed by atoms with van der Waals surface area (Å²) in [6, 6.07) is 9.95. The number of rotatable bonds is 4. The van der Waals surface area contributed by atoms with Crippen LogP contribution >= 0.6 is 11.8 Å². The van der Waals surface area contributed by atoms with Crippen LogP contribution in [0.4, 0.5) is 5.69 Å². The Morgan fingerprint density at radius 3 is 2.61 bits per heavy atom. The molecule has 0 spiro atoms. The number of thioether (sulfide) groups is 1. The molecule has 118 valence electrons. The van der Waals surface area contributed by atoms with Gasteiger partial charge in [0.15, 0.2) is 5.16 Å². The van der Waals surface area contributed by atoms with E-state index in [4.69, 9.17) is 0 Å². The van der Waals surface area contributed by atoms with Crippen molar-refractivity contribution in [2.24, 2.45) is 0 Å². The molecule has 23 heavy (non-hydrogen) atoms. The first kappa shape index (κ1) is 15.6. The zero-order valence-electron chi connectivity index (χ0n) is 13.2. The Kier molecular flexibility index (Phi) is 4.39. The lowest BCUT2D eigenvalue weighted by atomic mass is 10.1. The van der Waals surface area contributed by atoms with Gasteiger partial charge in [-0.15, -0.1) is 0 Å². The Morgan fingerprint density at radius 2 is 2.00 bits per heavy atom. The van der Waals surface area contributed by atoms with E-state index in [1.165, 1.54) is 0 Å². The Morgan fingerprint density at radius 1 is 1.30 bits per heavy atom. The maximum Gasteiger partial charge on any atom is 0.272 e. The van der Waals surface area contributed by atoms with Gasteiger partial charge >= 0.3 is 0 Å². The molecule has 1 aromatic heterocycles. The standard InChI is InChI=1S/C17H18N4OS/c1-3-20(4-2)13-7-5-12(6-8-13)15-14(11-18)16(22)21-9-10-23-17(21)19-15/h5-8H,3-4,9-10H2,1-2H3. The molecule has 5 nitrogen and oxygen atoms in total. The van der Waals surface area contributed by atoms with Crippen LogP contribution < -0.4 is 10.5 Å². The summed E-state index contributed by atoms with van der Waals surface area (Å²) in [7, 11) is 0. The summed E-state index contributed by atoms with van der Waals surface area (Å²) in [5, 5.41) is 10.1. The first-order valence-electron chi connectivity index (χ1n) is 7.72. The summed E-state index contributed by atoms with van der Waals surface area (Å²) in [6.45, 7) is 6.74. The fourth-order valence-corrected chi connectivity index (χ4v) is 3.74. The molecule has 6 heteroatoms. The second-order valence-electron chi connectivity index (χ2n) is 5.25. The van der Waals surface area contributed by atoms with Gasteiger partial charge in [-0.1, -0.05) is 23.9 Å². The second kappa shape index (κ2) is 6.47. The lowest BCUT2D eigenvalue weighted by Crippen LogP contribution is -2.24. The Balaban J connectivity index is 2.07. The SMILES string of the molecule is CCN(CC)c1ccc(-c2nc3n(c(=O)c2C#N)CCS3)cc1. The van der Waals surface area contributed by atoms with Gasteiger partial charge in [0.25, 0.3) is 5.56 Å². The number of aromatic nitrogens is 2. The number of fused-ring (bicyclic) bond motifs is 1. The van der Waals surface area contributed by atoms with E-state index < -0.39 is 0 Å². The van der Waals surface area contributed by atoms with Crippen LogP contribution in [0.25, 0.3) is 11.3 Å². The predicted molar refractivity (Wildman–Crippen MR) is 92.9 cm³/mol. The molecule has 0 unspecified atom stereocenters. The van der Waals surface area contributed by atoms with Crippen LogP contribution in [0.3, 0.4) is 0 Å². The van der Waals surface area contributed by atoms with Crippen molar-refractivity contribution in [2.45, 2.75) is 25.5 Å². The van der Waals surface area contributed by atoms with Gasteiger partial charge in [0.2, 0.25) is 0 Å². The van der Waals surface area contributed by atoms with Crippen molar-refractivity contribution >= 4 is 17.4 Å². The van der Waals surface area contributed by atoms with E-state index in [9.17, 15) is 10.1 Å². The van der Waals surface area contributed by atoms with E-state index in [0.29, 0.717) is 17.4 Å². The lowest BCUT2D eigenvalue weighted by Gasteiger charge is -2.21. The highest BCUT2D eigenvalue weighted by molar-refractivity contribution is 7.99. The molecule has 2 aromatic rings. The van der Waals surface area contributed by atoms with Crippen LogP contribution in [0.15, 0.2) is 34.2 Å². The average molecular weight is 326 g/mol. The van der Waals surface area contributed by atoms with Crippen molar-refractivity contribution in [2.75, 3.05) is 23.7 Å². The van der Waals surface area contributed by atoms with Gasteiger partial charge in [-0.3, -0.25) is 9.36 Å². The van der Waals surface area contributed by atoms with E-state index in [2.05, 4.69) is 23.7 Å². The number of nitriles is 1. The second-order valence-corrected chi connectivity index (χ2v) is 6.32. The van der Waals surface area contributed by atoms with Gasteiger partial charge in [0, 0.05) is 36.6 Å². The number of nitrogens with zero attached hydrogens (tertiary/aromatic N) is 4. The quantitative estimate of drug-likeness (QED) is 0.809. The summed E-state index contributed by atoms with van der Waals surface area (Å²) in [4.78, 5) is 19.2. The van der Waals surface area contributed by atoms with Gasteiger partial charge < -0.3 is 4.90 Å². The summed E-state index contributed by atoms with van der Waals surface area (Å²) < 4.78 is 1.59. The fraction of sp³-hybridized carbons (Fsp3) is 0.353. The van der Waals surface area contributed by atoms with Crippen LogP contribution in [0.1, 0.15) is 19.4 Å². The van der Waals surface area contributed by atoms with Crippen molar-refractivity contribution in [1.29, 1.82) is 5.26 Å². The van der Waals surface area contributed by atoms with Gasteiger partial charge in [-0.2, -0.15) is 5.26 Å². The molecule has 0 aliphatic carbocycles. The first-order valence-corrected chi connectivity index (χ1v) is 8.71. The minimum Gasteiger partial charge on any atom is -0.372 e. The fourth-order valence-electron chi connectivity index (χ4n) is 2.80. The molecule has 1 aromatic carbocycles. The highest BCUT2D eigenvalue weighted by atomic mass is 32.2. The normalized spacial score (nSPS) is 12.7. The largest absolute Gasteiger partial charge is 0.372 e. The van der Waals surface area contributed by atoms with Crippen molar-refractivity contribution in [3.05, 3.63) is 40.2 Å². The zero-order chi connectivity index (χ0) is 16.4. The molecule has 0 radical (unpaired) electrons. The molecule has 1 aliphatic rings. The molecule has 0 atom stereocenters. The van der Waals surface area contributed by atoms with Crippen LogP contribution in [0, 0.1) is 11.3 Å². The Bertz CT molecular complexity index is 816. The van der Waals surface area contributed by atoms with Gasteiger partial charge in [0.05, 0.1) is 5.69 Å². The van der Waals surface area contributed by atoms with Gasteiger partial charge in [-0.05, 0) is 26.0 Å². The number of hydrogen-bond donors (Lipinski definition) is 0. The summed E-state index contributed by atoms with van der Waals surface area (Å²) >= 11 is 1.56. The number of anilines is 1. The average Bonchev–Trinajstić information content (AvgIpc) is 3.05. The summed E-state index contributed by atoms with van der Waals surface area (Å²) in [5.41, 5.74) is 2.33. The third-order valence-corrected chi connectivity index (χ3v) is 5.02. The van der Waals surface area contributed by atoms with E-state index in [-0.39, 0.29) is 11.1 Å². The zero-order valence-corrected chi connectivity index (χ0v) is 14.1. The molecule has 2 heterocycles. The molecule has 0 amide bonds. The third kappa shape index (κ3) is 2.73. The van der Waals surface area contributed by atoms with E-state index >= 15 is 0 Å². The molecule has 0 saturated carbocycles. The molecule has 3 rings (SSSR count). The summed E-state index contributed by atoms with van der Waals surface area (Å²) in [5.74, 6) is 0.831. The Labute approximate surface area is 139 Å². The molecule has 0 bridgehead atoms. The van der Waals surface area contributed by atoms with Crippen molar-refractivity contribution in [1.82, 2.24) is 9.55 Å². The number of benzene rings is 1. The monoisotopic (exact) mass is 326 g/mol. The lowest BCUT2D eigenvalue weighted by molar-refractivity contribution is 0.655. The van der Waals surface area contributed by atoms with Crippen molar-refractivity contribution in [3.8, 4) is 17.3 Å². The first-order chi connectivity index (χ1) is 11.2. The highest BCUT2D eigenvalue weighted by Crippen LogP contribution is 2.28. The smallest absolute Gasteiger partial charge is 0.272 e. The molecule has 1 aliphatic heterocycles. The molecule has 0 N–H and O–H groups in total. The summed E-state index contributed by atoms with van der Waals surface area (Å²) in [6.07, 6.45) is 0. The number of hydrogen-bond acceptors (Lipinski definition) is 5. The molecular weight excluding hydrogens is 308 g/mol. The van der Waals surface area contributed by atoms with Gasteiger partial charge in [-0.25, -0.2) is 4.98 Å². The van der Waals surface area contributed by atoms with E-state index in [0.717, 1.165) is 30.1 Å². The maximum atomic E-state index is 12.4. The van der Waals surface area contributed by atoms with Crippen LogP contribution in [0.2, 0.25) is 0 Å². The molecule has 0 saturated heterocycles. The maximum absolute atomic E-state index is 12.4. The van der Waals surface area contributed by atoms with Crippen molar-refractivity contribution in [3.63, 3.8) is 0 Å². The minimum atomic E-state index is -0.231. The van der Waals surface area contributed by atoms with Crippen LogP contribution in [-0.2, 0) is 6.54 Å². The topological polar surface area (TPSA) is 61.9 Å². The van der Waals surface area contributed by atoms with Crippen molar-refractivity contribution < 1.29 is 0 Å². The van der Waals surface area contributed by atoms with Gasteiger partial charge in [0.1, 0.15) is 11.6 Å². The molecular formula is C17H18N4OS. The predicted octanol–water partition coefficient (Wildman–Crippen LogP) is 2.73. The Hall–Kier alpha value is -2.26. The van der Waals surface area contributed by atoms with Crippen LogP contribution in [-0.4, -0.2) is 28.4 Å². The third-order valence-electron chi connectivity index (χ3n) is 4.06. The minimum absolute atomic E-state index is 0.131.